The first-order chi connectivity index (χ1) is 12.4. The average Bonchev–Trinajstić information content (AvgIpc) is 3.11. The summed E-state index contributed by atoms with van der Waals surface area (Å²) in [5.74, 6) is 1.62. The molecule has 0 bridgehead atoms. The van der Waals surface area contributed by atoms with E-state index in [1.165, 1.54) is 0 Å². The number of fused-ring (bicyclic) bond motifs is 2. The molecule has 0 amide bonds. The summed E-state index contributed by atoms with van der Waals surface area (Å²) in [5.41, 5.74) is 0.417. The molecule has 1 atom stereocenters. The van der Waals surface area contributed by atoms with Crippen LogP contribution in [0.25, 0.3) is 22.0 Å². The van der Waals surface area contributed by atoms with Gasteiger partial charge in [0.05, 0.1) is 37.0 Å². The minimum absolute atomic E-state index is 0.0480. The second-order valence-electron chi connectivity index (χ2n) is 6.44. The van der Waals surface area contributed by atoms with Crippen molar-refractivity contribution in [1.82, 2.24) is 4.98 Å². The van der Waals surface area contributed by atoms with Gasteiger partial charge in [0.15, 0.2) is 11.5 Å². The summed E-state index contributed by atoms with van der Waals surface area (Å²) in [6.07, 6.45) is 0.751. The van der Waals surface area contributed by atoms with Gasteiger partial charge in [-0.2, -0.15) is 0 Å². The smallest absolute Gasteiger partial charge is 0.230 e. The molecule has 0 aliphatic carbocycles. The highest BCUT2D eigenvalue weighted by Gasteiger charge is 2.28. The largest absolute Gasteiger partial charge is 0.495 e. The summed E-state index contributed by atoms with van der Waals surface area (Å²) in [5, 5.41) is 11.8. The molecule has 2 heterocycles. The fraction of sp³-hybridized carbons (Fsp3) is 0.421. The lowest BCUT2D eigenvalue weighted by atomic mass is 10.0. The van der Waals surface area contributed by atoms with Crippen LogP contribution in [0, 0.1) is 0 Å². The monoisotopic (exact) mass is 361 g/mol. The van der Waals surface area contributed by atoms with Crippen LogP contribution in [0.3, 0.4) is 0 Å². The molecule has 0 radical (unpaired) electrons. The van der Waals surface area contributed by atoms with E-state index < -0.39 is 11.7 Å². The van der Waals surface area contributed by atoms with E-state index in [2.05, 4.69) is 4.98 Å². The van der Waals surface area contributed by atoms with Crippen LogP contribution in [0.15, 0.2) is 28.9 Å². The number of hydrogen-bond donors (Lipinski definition) is 1. The fourth-order valence-electron chi connectivity index (χ4n) is 2.64. The van der Waals surface area contributed by atoms with Gasteiger partial charge >= 0.3 is 0 Å². The van der Waals surface area contributed by atoms with Gasteiger partial charge in [0.1, 0.15) is 18.5 Å². The van der Waals surface area contributed by atoms with Crippen molar-refractivity contribution in [3.05, 3.63) is 24.5 Å². The van der Waals surface area contributed by atoms with E-state index >= 15 is 0 Å². The van der Waals surface area contributed by atoms with Crippen LogP contribution in [-0.2, 0) is 4.74 Å². The maximum absolute atomic E-state index is 10.3. The number of nitrogens with zero attached hydrogens (tertiary/aromatic N) is 1. The first-order valence-electron chi connectivity index (χ1n) is 8.20. The maximum Gasteiger partial charge on any atom is 0.230 e. The molecule has 7 heteroatoms. The lowest BCUT2D eigenvalue weighted by Crippen LogP contribution is -2.42. The number of pyridine rings is 1. The maximum atomic E-state index is 10.3. The molecule has 0 aliphatic rings. The van der Waals surface area contributed by atoms with E-state index in [9.17, 15) is 5.11 Å². The molecule has 0 aliphatic heterocycles. The third-order valence-corrected chi connectivity index (χ3v) is 4.57. The molecule has 140 valence electrons. The molecule has 0 saturated carbocycles. The standard InChI is InChI=1S/C19H23NO6/c1-19(2,24-5)16(21)10-26-15-8-12-13(9-14(15)22-3)20-18-11(6-7-25-18)17(12)23-4/h6-9,16,21H,10H2,1-5H3/t16-/m1/s1. The number of methoxy groups -OCH3 is 3. The Hall–Kier alpha value is -2.51. The van der Waals surface area contributed by atoms with E-state index in [1.54, 1.807) is 59.6 Å². The van der Waals surface area contributed by atoms with Crippen LogP contribution >= 0.6 is 0 Å². The minimum Gasteiger partial charge on any atom is -0.495 e. The van der Waals surface area contributed by atoms with Crippen LogP contribution in [0.5, 0.6) is 17.2 Å². The van der Waals surface area contributed by atoms with E-state index in [-0.39, 0.29) is 6.61 Å². The summed E-state index contributed by atoms with van der Waals surface area (Å²) in [7, 11) is 4.69. The number of aromatic nitrogens is 1. The van der Waals surface area contributed by atoms with Crippen molar-refractivity contribution in [2.75, 3.05) is 27.9 Å². The Morgan fingerprint density at radius 1 is 1.12 bits per heavy atom. The van der Waals surface area contributed by atoms with Crippen molar-refractivity contribution in [2.45, 2.75) is 25.6 Å². The summed E-state index contributed by atoms with van der Waals surface area (Å²) in [6, 6.07) is 5.35. The van der Waals surface area contributed by atoms with Gasteiger partial charge in [-0.3, -0.25) is 0 Å². The first kappa shape index (κ1) is 18.3. The molecule has 1 aromatic carbocycles. The van der Waals surface area contributed by atoms with Crippen molar-refractivity contribution in [3.63, 3.8) is 0 Å². The van der Waals surface area contributed by atoms with Gasteiger partial charge in [-0.1, -0.05) is 0 Å². The molecule has 3 aromatic rings. The van der Waals surface area contributed by atoms with E-state index in [0.29, 0.717) is 28.5 Å². The zero-order chi connectivity index (χ0) is 18.9. The number of hydrogen-bond acceptors (Lipinski definition) is 7. The summed E-state index contributed by atoms with van der Waals surface area (Å²) in [4.78, 5) is 4.49. The van der Waals surface area contributed by atoms with Crippen molar-refractivity contribution < 1.29 is 28.5 Å². The zero-order valence-corrected chi connectivity index (χ0v) is 15.5. The lowest BCUT2D eigenvalue weighted by molar-refractivity contribution is -0.0916. The van der Waals surface area contributed by atoms with Gasteiger partial charge in [0.25, 0.3) is 0 Å². The quantitative estimate of drug-likeness (QED) is 0.692. The highest BCUT2D eigenvalue weighted by Crippen LogP contribution is 2.39. The predicted octanol–water partition coefficient (Wildman–Crippen LogP) is 3.16. The summed E-state index contributed by atoms with van der Waals surface area (Å²) in [6.45, 7) is 3.63. The molecule has 3 rings (SSSR count). The van der Waals surface area contributed by atoms with Gasteiger partial charge in [0, 0.05) is 18.6 Å². The van der Waals surface area contributed by atoms with E-state index in [4.69, 9.17) is 23.4 Å². The third kappa shape index (κ3) is 3.15. The van der Waals surface area contributed by atoms with Crippen LogP contribution in [0.1, 0.15) is 13.8 Å². The van der Waals surface area contributed by atoms with Gasteiger partial charge in [-0.25, -0.2) is 4.98 Å². The second kappa shape index (κ2) is 7.01. The number of benzene rings is 1. The molecule has 0 spiro atoms. The fourth-order valence-corrected chi connectivity index (χ4v) is 2.64. The molecular formula is C19H23NO6. The Morgan fingerprint density at radius 2 is 1.88 bits per heavy atom. The van der Waals surface area contributed by atoms with Crippen LogP contribution in [-0.4, -0.2) is 49.7 Å². The van der Waals surface area contributed by atoms with Crippen LogP contribution < -0.4 is 14.2 Å². The van der Waals surface area contributed by atoms with Gasteiger partial charge in [0.2, 0.25) is 5.71 Å². The Balaban J connectivity index is 2.03. The van der Waals surface area contributed by atoms with Gasteiger partial charge < -0.3 is 28.5 Å². The summed E-state index contributed by atoms with van der Waals surface area (Å²) < 4.78 is 27.5. The number of aliphatic hydroxyl groups is 1. The Bertz CT molecular complexity index is 917. The Morgan fingerprint density at radius 3 is 2.54 bits per heavy atom. The van der Waals surface area contributed by atoms with Crippen molar-refractivity contribution >= 4 is 22.0 Å². The zero-order valence-electron chi connectivity index (χ0n) is 15.5. The number of ether oxygens (including phenoxy) is 4. The third-order valence-electron chi connectivity index (χ3n) is 4.57. The number of furan rings is 1. The molecule has 1 N–H and O–H groups in total. The van der Waals surface area contributed by atoms with Crippen LogP contribution in [0.2, 0.25) is 0 Å². The lowest BCUT2D eigenvalue weighted by Gasteiger charge is -2.29. The predicted molar refractivity (Wildman–Crippen MR) is 97.2 cm³/mol. The first-order valence-corrected chi connectivity index (χ1v) is 8.20. The highest BCUT2D eigenvalue weighted by molar-refractivity contribution is 6.00. The molecule has 0 saturated heterocycles. The van der Waals surface area contributed by atoms with E-state index in [0.717, 1.165) is 10.8 Å². The second-order valence-corrected chi connectivity index (χ2v) is 6.44. The molecule has 26 heavy (non-hydrogen) atoms. The van der Waals surface area contributed by atoms with E-state index in [1.807, 2.05) is 0 Å². The molecule has 0 fully saturated rings. The topological polar surface area (TPSA) is 83.2 Å². The Labute approximate surface area is 151 Å². The molecule has 0 unspecified atom stereocenters. The van der Waals surface area contributed by atoms with Crippen molar-refractivity contribution in [2.24, 2.45) is 0 Å². The van der Waals surface area contributed by atoms with Crippen molar-refractivity contribution in [3.8, 4) is 17.2 Å². The number of aliphatic hydroxyl groups excluding tert-OH is 1. The molecular weight excluding hydrogens is 338 g/mol. The minimum atomic E-state index is -0.815. The molecule has 2 aromatic heterocycles. The Kier molecular flexibility index (Phi) is 4.93. The normalized spacial score (nSPS) is 13.2. The highest BCUT2D eigenvalue weighted by atomic mass is 16.5. The molecule has 7 nitrogen and oxygen atoms in total. The summed E-state index contributed by atoms with van der Waals surface area (Å²) >= 11 is 0. The van der Waals surface area contributed by atoms with Crippen molar-refractivity contribution in [1.29, 1.82) is 0 Å². The van der Waals surface area contributed by atoms with Gasteiger partial charge in [-0.15, -0.1) is 0 Å². The SMILES string of the molecule is COc1cc2nc3occc3c(OC)c2cc1OC[C@@H](O)C(C)(C)OC. The number of rotatable bonds is 7. The van der Waals surface area contributed by atoms with Gasteiger partial charge in [-0.05, 0) is 26.0 Å². The average molecular weight is 361 g/mol. The van der Waals surface area contributed by atoms with Crippen LogP contribution in [0.4, 0.5) is 0 Å².